The van der Waals surface area contributed by atoms with Crippen LogP contribution in [0.2, 0.25) is 0 Å². The van der Waals surface area contributed by atoms with Crippen LogP contribution < -0.4 is 20.5 Å². The van der Waals surface area contributed by atoms with Crippen LogP contribution in [0.1, 0.15) is 5.56 Å². The maximum Gasteiger partial charge on any atom is 0.193 e. The van der Waals surface area contributed by atoms with Crippen molar-refractivity contribution in [2.24, 2.45) is 10.7 Å². The summed E-state index contributed by atoms with van der Waals surface area (Å²) in [5.74, 6) is 1.61. The Balaban J connectivity index is 1.69. The van der Waals surface area contributed by atoms with E-state index in [4.69, 9.17) is 15.2 Å². The summed E-state index contributed by atoms with van der Waals surface area (Å²) < 4.78 is 10.5. The molecule has 3 aromatic rings. The number of guanidine groups is 1. The first kappa shape index (κ1) is 18.3. The van der Waals surface area contributed by atoms with E-state index in [0.29, 0.717) is 24.0 Å². The smallest absolute Gasteiger partial charge is 0.193 e. The fourth-order valence-corrected chi connectivity index (χ4v) is 2.64. The Morgan fingerprint density at radius 2 is 1.85 bits per heavy atom. The third kappa shape index (κ3) is 4.76. The number of pyridine rings is 1. The second-order valence-corrected chi connectivity index (χ2v) is 5.81. The lowest BCUT2D eigenvalue weighted by molar-refractivity contribution is 0.355. The summed E-state index contributed by atoms with van der Waals surface area (Å²) in [4.78, 5) is 8.79. The molecule has 138 valence electrons. The number of aromatic nitrogens is 1. The fraction of sp³-hybridized carbons (Fsp3) is 0.143. The van der Waals surface area contributed by atoms with Crippen LogP contribution in [0, 0.1) is 0 Å². The molecule has 3 rings (SSSR count). The van der Waals surface area contributed by atoms with Crippen molar-refractivity contribution in [3.63, 3.8) is 0 Å². The Morgan fingerprint density at radius 3 is 2.59 bits per heavy atom. The first-order chi connectivity index (χ1) is 13.2. The van der Waals surface area contributed by atoms with Crippen LogP contribution in [0.5, 0.6) is 11.5 Å². The molecule has 6 heteroatoms. The highest BCUT2D eigenvalue weighted by atomic mass is 16.5. The zero-order chi connectivity index (χ0) is 19.1. The van der Waals surface area contributed by atoms with E-state index in [0.717, 1.165) is 22.5 Å². The van der Waals surface area contributed by atoms with Crippen LogP contribution in [-0.4, -0.2) is 25.2 Å². The van der Waals surface area contributed by atoms with Gasteiger partial charge in [-0.3, -0.25) is 4.98 Å². The average molecular weight is 362 g/mol. The van der Waals surface area contributed by atoms with Gasteiger partial charge in [0, 0.05) is 23.5 Å². The van der Waals surface area contributed by atoms with Gasteiger partial charge in [0.1, 0.15) is 0 Å². The van der Waals surface area contributed by atoms with Crippen molar-refractivity contribution in [3.05, 3.63) is 72.4 Å². The molecular formula is C21H22N4O2. The Labute approximate surface area is 158 Å². The van der Waals surface area contributed by atoms with E-state index in [9.17, 15) is 0 Å². The van der Waals surface area contributed by atoms with E-state index in [1.807, 2.05) is 54.6 Å². The van der Waals surface area contributed by atoms with Gasteiger partial charge in [-0.25, -0.2) is 4.99 Å². The predicted octanol–water partition coefficient (Wildman–Crippen LogP) is 3.69. The highest BCUT2D eigenvalue weighted by Crippen LogP contribution is 2.29. The number of rotatable bonds is 6. The summed E-state index contributed by atoms with van der Waals surface area (Å²) in [6, 6.07) is 19.4. The molecule has 1 heterocycles. The minimum absolute atomic E-state index is 0.324. The monoisotopic (exact) mass is 362 g/mol. The molecule has 6 nitrogen and oxygen atoms in total. The Kier molecular flexibility index (Phi) is 5.89. The second kappa shape index (κ2) is 8.71. The zero-order valence-electron chi connectivity index (χ0n) is 15.3. The maximum absolute atomic E-state index is 6.02. The van der Waals surface area contributed by atoms with Crippen molar-refractivity contribution >= 4 is 11.6 Å². The molecule has 0 aliphatic rings. The number of benzene rings is 2. The van der Waals surface area contributed by atoms with Gasteiger partial charge in [-0.1, -0.05) is 24.3 Å². The SMILES string of the molecule is COc1ccc(NC(N)=NCc2cccc(-c3ccccn3)c2)cc1OC. The van der Waals surface area contributed by atoms with Gasteiger partial charge in [0.15, 0.2) is 17.5 Å². The molecule has 0 saturated carbocycles. The largest absolute Gasteiger partial charge is 0.493 e. The van der Waals surface area contributed by atoms with Crippen molar-refractivity contribution in [3.8, 4) is 22.8 Å². The number of hydrogen-bond acceptors (Lipinski definition) is 4. The fourth-order valence-electron chi connectivity index (χ4n) is 2.64. The van der Waals surface area contributed by atoms with E-state index in [2.05, 4.69) is 21.4 Å². The first-order valence-corrected chi connectivity index (χ1v) is 8.49. The van der Waals surface area contributed by atoms with Crippen molar-refractivity contribution in [2.45, 2.75) is 6.54 Å². The molecule has 2 aromatic carbocycles. The second-order valence-electron chi connectivity index (χ2n) is 5.81. The van der Waals surface area contributed by atoms with E-state index in [1.54, 1.807) is 20.4 Å². The first-order valence-electron chi connectivity index (χ1n) is 8.49. The summed E-state index contributed by atoms with van der Waals surface area (Å²) in [6.45, 7) is 0.465. The molecule has 0 saturated heterocycles. The standard InChI is InChI=1S/C21H22N4O2/c1-26-19-10-9-17(13-20(19)27-2)25-21(22)24-14-15-6-5-7-16(12-15)18-8-3-4-11-23-18/h3-13H,14H2,1-2H3,(H3,22,24,25). The van der Waals surface area contributed by atoms with E-state index >= 15 is 0 Å². The Bertz CT molecular complexity index is 926. The van der Waals surface area contributed by atoms with Gasteiger partial charge < -0.3 is 20.5 Å². The number of nitrogens with zero attached hydrogens (tertiary/aromatic N) is 2. The van der Waals surface area contributed by atoms with Gasteiger partial charge in [-0.2, -0.15) is 0 Å². The van der Waals surface area contributed by atoms with Crippen LogP contribution in [0.3, 0.4) is 0 Å². The van der Waals surface area contributed by atoms with E-state index in [1.165, 1.54) is 0 Å². The number of nitrogens with two attached hydrogens (primary N) is 1. The maximum atomic E-state index is 6.02. The number of anilines is 1. The minimum Gasteiger partial charge on any atom is -0.493 e. The summed E-state index contributed by atoms with van der Waals surface area (Å²) >= 11 is 0. The third-order valence-electron chi connectivity index (χ3n) is 3.98. The summed E-state index contributed by atoms with van der Waals surface area (Å²) in [5.41, 5.74) is 9.83. The number of hydrogen-bond donors (Lipinski definition) is 2. The molecule has 0 amide bonds. The van der Waals surface area contributed by atoms with Gasteiger partial charge in [-0.15, -0.1) is 0 Å². The normalized spacial score (nSPS) is 11.1. The molecule has 0 spiro atoms. The highest BCUT2D eigenvalue weighted by Gasteiger charge is 2.05. The molecule has 0 fully saturated rings. The number of methoxy groups -OCH3 is 2. The molecule has 3 N–H and O–H groups in total. The predicted molar refractivity (Wildman–Crippen MR) is 108 cm³/mol. The van der Waals surface area contributed by atoms with Gasteiger partial charge >= 0.3 is 0 Å². The molecule has 0 unspecified atom stereocenters. The van der Waals surface area contributed by atoms with Crippen molar-refractivity contribution in [2.75, 3.05) is 19.5 Å². The molecule has 27 heavy (non-hydrogen) atoms. The Morgan fingerprint density at radius 1 is 1.00 bits per heavy atom. The number of nitrogens with one attached hydrogen (secondary N) is 1. The lowest BCUT2D eigenvalue weighted by atomic mass is 10.1. The molecule has 0 aliphatic heterocycles. The summed E-state index contributed by atoms with van der Waals surface area (Å²) in [7, 11) is 3.19. The van der Waals surface area contributed by atoms with Crippen molar-refractivity contribution in [1.82, 2.24) is 4.98 Å². The molecular weight excluding hydrogens is 340 g/mol. The van der Waals surface area contributed by atoms with Crippen molar-refractivity contribution < 1.29 is 9.47 Å². The van der Waals surface area contributed by atoms with Crippen LogP contribution in [-0.2, 0) is 6.54 Å². The molecule has 1 aromatic heterocycles. The lowest BCUT2D eigenvalue weighted by Gasteiger charge is -2.11. The topological polar surface area (TPSA) is 81.8 Å². The molecule has 0 atom stereocenters. The van der Waals surface area contributed by atoms with Gasteiger partial charge in [-0.05, 0) is 35.9 Å². The van der Waals surface area contributed by atoms with Gasteiger partial charge in [0.25, 0.3) is 0 Å². The summed E-state index contributed by atoms with van der Waals surface area (Å²) in [6.07, 6.45) is 1.78. The number of aliphatic imine (C=N–C) groups is 1. The van der Waals surface area contributed by atoms with Crippen LogP contribution in [0.25, 0.3) is 11.3 Å². The minimum atomic E-state index is 0.324. The lowest BCUT2D eigenvalue weighted by Crippen LogP contribution is -2.22. The molecule has 0 bridgehead atoms. The third-order valence-corrected chi connectivity index (χ3v) is 3.98. The van der Waals surface area contributed by atoms with Crippen LogP contribution in [0.15, 0.2) is 71.9 Å². The highest BCUT2D eigenvalue weighted by molar-refractivity contribution is 5.92. The quantitative estimate of drug-likeness (QED) is 0.516. The van der Waals surface area contributed by atoms with Gasteiger partial charge in [0.2, 0.25) is 0 Å². The van der Waals surface area contributed by atoms with Gasteiger partial charge in [0.05, 0.1) is 26.5 Å². The van der Waals surface area contributed by atoms with E-state index < -0.39 is 0 Å². The van der Waals surface area contributed by atoms with E-state index in [-0.39, 0.29) is 0 Å². The average Bonchev–Trinajstić information content (AvgIpc) is 2.73. The molecule has 0 aliphatic carbocycles. The van der Waals surface area contributed by atoms with Crippen molar-refractivity contribution in [1.29, 1.82) is 0 Å². The van der Waals surface area contributed by atoms with Crippen LogP contribution in [0.4, 0.5) is 5.69 Å². The molecule has 0 radical (unpaired) electrons. The summed E-state index contributed by atoms with van der Waals surface area (Å²) in [5, 5.41) is 3.06. The Hall–Kier alpha value is -3.54. The zero-order valence-corrected chi connectivity index (χ0v) is 15.3. The van der Waals surface area contributed by atoms with Crippen LogP contribution >= 0.6 is 0 Å². The number of ether oxygens (including phenoxy) is 2.